The van der Waals surface area contributed by atoms with Gasteiger partial charge in [0.1, 0.15) is 5.75 Å². The highest BCUT2D eigenvalue weighted by Gasteiger charge is 2.08. The number of rotatable bonds is 6. The van der Waals surface area contributed by atoms with Gasteiger partial charge in [-0.3, -0.25) is 0 Å². The van der Waals surface area contributed by atoms with Crippen molar-refractivity contribution in [3.05, 3.63) is 45.1 Å². The van der Waals surface area contributed by atoms with Crippen molar-refractivity contribution in [2.75, 3.05) is 5.32 Å². The number of aromatic carboxylic acids is 1. The van der Waals surface area contributed by atoms with E-state index in [1.165, 1.54) is 11.3 Å². The summed E-state index contributed by atoms with van der Waals surface area (Å²) >= 11 is 7.57. The van der Waals surface area contributed by atoms with E-state index in [0.29, 0.717) is 22.9 Å². The Bertz CT molecular complexity index is 640. The lowest BCUT2D eigenvalue weighted by Crippen LogP contribution is -2.06. The maximum absolute atomic E-state index is 10.8. The van der Waals surface area contributed by atoms with E-state index in [0.717, 1.165) is 10.6 Å². The van der Waals surface area contributed by atoms with Crippen LogP contribution in [0.3, 0.4) is 0 Å². The Morgan fingerprint density at radius 1 is 1.43 bits per heavy atom. The Morgan fingerprint density at radius 3 is 2.76 bits per heavy atom. The zero-order valence-corrected chi connectivity index (χ0v) is 13.3. The van der Waals surface area contributed by atoms with Crippen molar-refractivity contribution in [2.24, 2.45) is 0 Å². The Morgan fingerprint density at radius 2 is 2.19 bits per heavy atom. The van der Waals surface area contributed by atoms with Gasteiger partial charge in [-0.25, -0.2) is 4.79 Å². The van der Waals surface area contributed by atoms with Gasteiger partial charge in [0.15, 0.2) is 0 Å². The van der Waals surface area contributed by atoms with E-state index in [2.05, 4.69) is 5.32 Å². The molecular weight excluding hydrogens is 310 g/mol. The Balaban J connectivity index is 1.99. The number of ether oxygens (including phenoxy) is 1. The number of carboxylic acid groups (broad SMARTS) is 1. The van der Waals surface area contributed by atoms with Crippen molar-refractivity contribution in [3.63, 3.8) is 0 Å². The summed E-state index contributed by atoms with van der Waals surface area (Å²) in [6.07, 6.45) is 0.0712. The van der Waals surface area contributed by atoms with Gasteiger partial charge < -0.3 is 15.2 Å². The summed E-state index contributed by atoms with van der Waals surface area (Å²) in [4.78, 5) is 11.8. The Kier molecular flexibility index (Phi) is 5.09. The summed E-state index contributed by atoms with van der Waals surface area (Å²) in [7, 11) is 0. The van der Waals surface area contributed by atoms with Crippen LogP contribution in [0.5, 0.6) is 5.75 Å². The summed E-state index contributed by atoms with van der Waals surface area (Å²) in [5, 5.41) is 14.3. The van der Waals surface area contributed by atoms with Crippen LogP contribution in [-0.2, 0) is 6.54 Å². The van der Waals surface area contributed by atoms with E-state index in [1.54, 1.807) is 17.5 Å². The van der Waals surface area contributed by atoms with E-state index < -0.39 is 5.97 Å². The van der Waals surface area contributed by atoms with Crippen LogP contribution < -0.4 is 10.1 Å². The SMILES string of the molecule is CC(C)Oc1ccc(NCc2cc(C(=O)O)cs2)cc1Cl. The highest BCUT2D eigenvalue weighted by Crippen LogP contribution is 2.29. The van der Waals surface area contributed by atoms with Crippen LogP contribution >= 0.6 is 22.9 Å². The van der Waals surface area contributed by atoms with Crippen LogP contribution in [0.1, 0.15) is 29.1 Å². The molecule has 2 aromatic rings. The number of hydrogen-bond acceptors (Lipinski definition) is 4. The van der Waals surface area contributed by atoms with Gasteiger partial charge in [0.05, 0.1) is 16.7 Å². The van der Waals surface area contributed by atoms with Gasteiger partial charge in [0.2, 0.25) is 0 Å². The average molecular weight is 326 g/mol. The number of hydrogen-bond donors (Lipinski definition) is 2. The van der Waals surface area contributed by atoms with Crippen LogP contribution in [0.15, 0.2) is 29.6 Å². The third-order valence-electron chi connectivity index (χ3n) is 2.66. The summed E-state index contributed by atoms with van der Waals surface area (Å²) in [5.74, 6) is -0.253. The molecule has 0 aliphatic carbocycles. The minimum Gasteiger partial charge on any atom is -0.489 e. The zero-order valence-electron chi connectivity index (χ0n) is 11.7. The van der Waals surface area contributed by atoms with E-state index in [9.17, 15) is 4.79 Å². The first-order valence-corrected chi connectivity index (χ1v) is 7.72. The lowest BCUT2D eigenvalue weighted by atomic mass is 10.2. The molecule has 112 valence electrons. The lowest BCUT2D eigenvalue weighted by molar-refractivity contribution is 0.0697. The molecule has 0 unspecified atom stereocenters. The van der Waals surface area contributed by atoms with Gasteiger partial charge in [-0.2, -0.15) is 0 Å². The molecule has 0 radical (unpaired) electrons. The molecule has 0 fully saturated rings. The largest absolute Gasteiger partial charge is 0.489 e. The fourth-order valence-corrected chi connectivity index (χ4v) is 2.76. The molecule has 6 heteroatoms. The number of benzene rings is 1. The molecule has 0 saturated heterocycles. The standard InChI is InChI=1S/C15H16ClNO3S/c1-9(2)20-14-4-3-11(6-13(14)16)17-7-12-5-10(8-21-12)15(18)19/h3-6,8-9,17H,7H2,1-2H3,(H,18,19). The molecule has 2 rings (SSSR count). The Hall–Kier alpha value is -1.72. The molecule has 0 spiro atoms. The second-order valence-corrected chi connectivity index (χ2v) is 6.18. The molecule has 0 saturated carbocycles. The number of thiophene rings is 1. The molecule has 0 bridgehead atoms. The lowest BCUT2D eigenvalue weighted by Gasteiger charge is -2.12. The number of carboxylic acids is 1. The quantitative estimate of drug-likeness (QED) is 0.821. The van der Waals surface area contributed by atoms with Crippen molar-refractivity contribution < 1.29 is 14.6 Å². The third kappa shape index (κ3) is 4.37. The summed E-state index contributed by atoms with van der Waals surface area (Å²) in [6.45, 7) is 4.44. The predicted molar refractivity (Wildman–Crippen MR) is 85.8 cm³/mol. The molecule has 2 N–H and O–H groups in total. The topological polar surface area (TPSA) is 58.6 Å². The van der Waals surface area contributed by atoms with Crippen molar-refractivity contribution in [2.45, 2.75) is 26.5 Å². The summed E-state index contributed by atoms with van der Waals surface area (Å²) in [5.41, 5.74) is 1.18. The van der Waals surface area contributed by atoms with E-state index in [-0.39, 0.29) is 6.10 Å². The molecule has 1 aromatic heterocycles. The molecule has 1 aromatic carbocycles. The number of halogens is 1. The van der Waals surface area contributed by atoms with Crippen molar-refractivity contribution in [3.8, 4) is 5.75 Å². The fourth-order valence-electron chi connectivity index (χ4n) is 1.73. The highest BCUT2D eigenvalue weighted by atomic mass is 35.5. The third-order valence-corrected chi connectivity index (χ3v) is 3.89. The molecule has 21 heavy (non-hydrogen) atoms. The summed E-state index contributed by atoms with van der Waals surface area (Å²) < 4.78 is 5.57. The minimum absolute atomic E-state index is 0.0712. The normalized spacial score (nSPS) is 10.7. The number of carbonyl (C=O) groups is 1. The van der Waals surface area contributed by atoms with E-state index >= 15 is 0 Å². The zero-order chi connectivity index (χ0) is 15.4. The van der Waals surface area contributed by atoms with Gasteiger partial charge in [-0.15, -0.1) is 11.3 Å². The van der Waals surface area contributed by atoms with Crippen LogP contribution in [0, 0.1) is 0 Å². The maximum atomic E-state index is 10.8. The average Bonchev–Trinajstić information content (AvgIpc) is 2.88. The van der Waals surface area contributed by atoms with Crippen LogP contribution in [-0.4, -0.2) is 17.2 Å². The van der Waals surface area contributed by atoms with Crippen LogP contribution in [0.2, 0.25) is 5.02 Å². The molecule has 0 aliphatic heterocycles. The number of nitrogens with one attached hydrogen (secondary N) is 1. The van der Waals surface area contributed by atoms with Gasteiger partial charge in [0, 0.05) is 22.5 Å². The van der Waals surface area contributed by atoms with Gasteiger partial charge >= 0.3 is 5.97 Å². The molecule has 1 heterocycles. The highest BCUT2D eigenvalue weighted by molar-refractivity contribution is 7.10. The van der Waals surface area contributed by atoms with Gasteiger partial charge in [-0.1, -0.05) is 11.6 Å². The first-order chi connectivity index (χ1) is 9.95. The molecule has 4 nitrogen and oxygen atoms in total. The predicted octanol–water partition coefficient (Wildman–Crippen LogP) is 4.50. The molecular formula is C15H16ClNO3S. The van der Waals surface area contributed by atoms with Crippen LogP contribution in [0.25, 0.3) is 0 Å². The maximum Gasteiger partial charge on any atom is 0.336 e. The first-order valence-electron chi connectivity index (χ1n) is 6.46. The van der Waals surface area contributed by atoms with E-state index in [4.69, 9.17) is 21.4 Å². The first kappa shape index (κ1) is 15.7. The Labute approximate surface area is 132 Å². The smallest absolute Gasteiger partial charge is 0.336 e. The minimum atomic E-state index is -0.907. The van der Waals surface area contributed by atoms with Gasteiger partial charge in [0.25, 0.3) is 0 Å². The fraction of sp³-hybridized carbons (Fsp3) is 0.267. The molecule has 0 aliphatic rings. The second kappa shape index (κ2) is 6.83. The van der Waals surface area contributed by atoms with Crippen molar-refractivity contribution in [1.82, 2.24) is 0 Å². The van der Waals surface area contributed by atoms with Crippen molar-refractivity contribution >= 4 is 34.6 Å². The van der Waals surface area contributed by atoms with E-state index in [1.807, 2.05) is 26.0 Å². The van der Waals surface area contributed by atoms with Crippen LogP contribution in [0.4, 0.5) is 5.69 Å². The van der Waals surface area contributed by atoms with Gasteiger partial charge in [-0.05, 0) is 38.1 Å². The molecule has 0 atom stereocenters. The van der Waals surface area contributed by atoms with Crippen molar-refractivity contribution in [1.29, 1.82) is 0 Å². The molecule has 0 amide bonds. The monoisotopic (exact) mass is 325 g/mol. The number of anilines is 1. The summed E-state index contributed by atoms with van der Waals surface area (Å²) in [6, 6.07) is 7.17. The second-order valence-electron chi connectivity index (χ2n) is 4.77.